The van der Waals surface area contributed by atoms with E-state index >= 15 is 0 Å². The minimum Gasteiger partial charge on any atom is -0.390 e. The van der Waals surface area contributed by atoms with Gasteiger partial charge in [0.05, 0.1) is 17.6 Å². The van der Waals surface area contributed by atoms with Crippen LogP contribution in [-0.2, 0) is 9.84 Å². The standard InChI is InChI=1S/C9H17NO3S2/c11-9-6-15(12,13)5-8(9)10-3-7-1-2-14-4-7/h7-11H,1-6H2. The third-order valence-corrected chi connectivity index (χ3v) is 5.96. The van der Waals surface area contributed by atoms with Gasteiger partial charge in [-0.15, -0.1) is 0 Å². The van der Waals surface area contributed by atoms with E-state index in [9.17, 15) is 13.5 Å². The summed E-state index contributed by atoms with van der Waals surface area (Å²) < 4.78 is 22.5. The van der Waals surface area contributed by atoms with Gasteiger partial charge in [0, 0.05) is 6.04 Å². The molecular weight excluding hydrogens is 234 g/mol. The second-order valence-electron chi connectivity index (χ2n) is 4.39. The van der Waals surface area contributed by atoms with Crippen LogP contribution in [0.3, 0.4) is 0 Å². The van der Waals surface area contributed by atoms with Crippen LogP contribution in [0.15, 0.2) is 0 Å². The predicted octanol–water partition coefficient (Wildman–Crippen LogP) is -0.513. The van der Waals surface area contributed by atoms with Gasteiger partial charge < -0.3 is 10.4 Å². The lowest BCUT2D eigenvalue weighted by molar-refractivity contribution is 0.164. The van der Waals surface area contributed by atoms with E-state index in [1.54, 1.807) is 0 Å². The second-order valence-corrected chi connectivity index (χ2v) is 7.69. The van der Waals surface area contributed by atoms with E-state index in [-0.39, 0.29) is 17.5 Å². The average Bonchev–Trinajstić information content (AvgIpc) is 2.70. The molecule has 2 rings (SSSR count). The van der Waals surface area contributed by atoms with E-state index in [0.29, 0.717) is 5.92 Å². The fourth-order valence-corrected chi connectivity index (χ4v) is 5.15. The fraction of sp³-hybridized carbons (Fsp3) is 1.00. The lowest BCUT2D eigenvalue weighted by Gasteiger charge is -2.17. The van der Waals surface area contributed by atoms with Crippen LogP contribution in [-0.4, -0.2) is 55.2 Å². The molecule has 2 N–H and O–H groups in total. The molecule has 3 unspecified atom stereocenters. The summed E-state index contributed by atoms with van der Waals surface area (Å²) in [6.07, 6.45) is 0.483. The first-order valence-electron chi connectivity index (χ1n) is 5.26. The molecular formula is C9H17NO3S2. The van der Waals surface area contributed by atoms with Gasteiger partial charge in [0.25, 0.3) is 0 Å². The van der Waals surface area contributed by atoms with Gasteiger partial charge in [-0.2, -0.15) is 11.8 Å². The van der Waals surface area contributed by atoms with Gasteiger partial charge in [-0.1, -0.05) is 0 Å². The lowest BCUT2D eigenvalue weighted by Crippen LogP contribution is -2.41. The molecule has 0 radical (unpaired) electrons. The van der Waals surface area contributed by atoms with Gasteiger partial charge in [0.1, 0.15) is 0 Å². The van der Waals surface area contributed by atoms with Gasteiger partial charge in [-0.05, 0) is 30.4 Å². The first-order valence-corrected chi connectivity index (χ1v) is 8.24. The number of aliphatic hydroxyl groups is 1. The maximum atomic E-state index is 11.2. The Bertz CT molecular complexity index is 311. The van der Waals surface area contributed by atoms with E-state index in [0.717, 1.165) is 12.3 Å². The molecule has 0 amide bonds. The van der Waals surface area contributed by atoms with Crippen molar-refractivity contribution in [2.24, 2.45) is 5.92 Å². The van der Waals surface area contributed by atoms with Crippen molar-refractivity contribution in [3.8, 4) is 0 Å². The lowest BCUT2D eigenvalue weighted by atomic mass is 10.1. The highest BCUT2D eigenvalue weighted by molar-refractivity contribution is 7.99. The Labute approximate surface area is 94.7 Å². The van der Waals surface area contributed by atoms with Crippen molar-refractivity contribution in [3.63, 3.8) is 0 Å². The molecule has 0 saturated carbocycles. The molecule has 0 aromatic rings. The first kappa shape index (κ1) is 11.7. The van der Waals surface area contributed by atoms with Gasteiger partial charge in [-0.3, -0.25) is 0 Å². The van der Waals surface area contributed by atoms with Crippen molar-refractivity contribution in [1.29, 1.82) is 0 Å². The van der Waals surface area contributed by atoms with Crippen molar-refractivity contribution in [3.05, 3.63) is 0 Å². The summed E-state index contributed by atoms with van der Waals surface area (Å²) in [6, 6.07) is -0.249. The van der Waals surface area contributed by atoms with Crippen molar-refractivity contribution >= 4 is 21.6 Å². The Hall–Kier alpha value is 0.220. The van der Waals surface area contributed by atoms with Crippen LogP contribution >= 0.6 is 11.8 Å². The van der Waals surface area contributed by atoms with E-state index in [2.05, 4.69) is 5.32 Å². The molecule has 2 aliphatic rings. The average molecular weight is 251 g/mol. The van der Waals surface area contributed by atoms with Gasteiger partial charge in [-0.25, -0.2) is 8.42 Å². The Morgan fingerprint density at radius 1 is 1.40 bits per heavy atom. The van der Waals surface area contributed by atoms with E-state index in [4.69, 9.17) is 0 Å². The first-order chi connectivity index (χ1) is 7.07. The zero-order valence-corrected chi connectivity index (χ0v) is 10.2. The molecule has 6 heteroatoms. The Balaban J connectivity index is 1.79. The fourth-order valence-electron chi connectivity index (χ4n) is 2.09. The highest BCUT2D eigenvalue weighted by Crippen LogP contribution is 2.23. The zero-order chi connectivity index (χ0) is 10.9. The van der Waals surface area contributed by atoms with Crippen molar-refractivity contribution in [1.82, 2.24) is 5.32 Å². The van der Waals surface area contributed by atoms with Crippen molar-refractivity contribution < 1.29 is 13.5 Å². The molecule has 15 heavy (non-hydrogen) atoms. The molecule has 0 spiro atoms. The maximum Gasteiger partial charge on any atom is 0.154 e. The normalized spacial score (nSPS) is 39.7. The second kappa shape index (κ2) is 4.61. The summed E-state index contributed by atoms with van der Waals surface area (Å²) >= 11 is 1.94. The van der Waals surface area contributed by atoms with Crippen LogP contribution < -0.4 is 5.32 Å². The van der Waals surface area contributed by atoms with Crippen LogP contribution in [0.2, 0.25) is 0 Å². The summed E-state index contributed by atoms with van der Waals surface area (Å²) in [4.78, 5) is 0. The third kappa shape index (κ3) is 3.09. The number of hydrogen-bond donors (Lipinski definition) is 2. The molecule has 2 heterocycles. The largest absolute Gasteiger partial charge is 0.390 e. The summed E-state index contributed by atoms with van der Waals surface area (Å²) in [7, 11) is -3.01. The minimum atomic E-state index is -3.01. The minimum absolute atomic E-state index is 0.0793. The van der Waals surface area contributed by atoms with E-state index in [1.165, 1.54) is 12.2 Å². The van der Waals surface area contributed by atoms with E-state index in [1.807, 2.05) is 11.8 Å². The number of nitrogens with one attached hydrogen (secondary N) is 1. The van der Waals surface area contributed by atoms with Crippen molar-refractivity contribution in [2.45, 2.75) is 18.6 Å². The molecule has 0 aromatic carbocycles. The third-order valence-electron chi connectivity index (χ3n) is 3.02. The maximum absolute atomic E-state index is 11.2. The highest BCUT2D eigenvalue weighted by atomic mass is 32.2. The molecule has 0 bridgehead atoms. The van der Waals surface area contributed by atoms with Gasteiger partial charge in [0.2, 0.25) is 0 Å². The van der Waals surface area contributed by atoms with Crippen LogP contribution in [0.4, 0.5) is 0 Å². The Morgan fingerprint density at radius 3 is 2.73 bits per heavy atom. The number of sulfone groups is 1. The Morgan fingerprint density at radius 2 is 2.20 bits per heavy atom. The van der Waals surface area contributed by atoms with Gasteiger partial charge >= 0.3 is 0 Å². The monoisotopic (exact) mass is 251 g/mol. The van der Waals surface area contributed by atoms with E-state index < -0.39 is 15.9 Å². The Kier molecular flexibility index (Phi) is 3.59. The van der Waals surface area contributed by atoms with Crippen LogP contribution in [0.1, 0.15) is 6.42 Å². The van der Waals surface area contributed by atoms with Crippen LogP contribution in [0.25, 0.3) is 0 Å². The summed E-state index contributed by atoms with van der Waals surface area (Å²) in [5.41, 5.74) is 0. The zero-order valence-electron chi connectivity index (χ0n) is 8.55. The number of thioether (sulfide) groups is 1. The molecule has 0 aromatic heterocycles. The van der Waals surface area contributed by atoms with Crippen LogP contribution in [0.5, 0.6) is 0 Å². The summed E-state index contributed by atoms with van der Waals surface area (Å²) in [6.45, 7) is 0.838. The molecule has 2 aliphatic heterocycles. The number of hydrogen-bond acceptors (Lipinski definition) is 5. The highest BCUT2D eigenvalue weighted by Gasteiger charge is 2.36. The number of aliphatic hydroxyl groups excluding tert-OH is 1. The quantitative estimate of drug-likeness (QED) is 0.707. The molecule has 0 aliphatic carbocycles. The molecule has 2 saturated heterocycles. The summed E-state index contributed by atoms with van der Waals surface area (Å²) in [5.74, 6) is 3.02. The predicted molar refractivity (Wildman–Crippen MR) is 61.9 cm³/mol. The molecule has 88 valence electrons. The SMILES string of the molecule is O=S1(=O)CC(O)C(NCC2CCSC2)C1. The smallest absolute Gasteiger partial charge is 0.154 e. The van der Waals surface area contributed by atoms with Crippen LogP contribution in [0, 0.1) is 5.92 Å². The van der Waals surface area contributed by atoms with Crippen molar-refractivity contribution in [2.75, 3.05) is 29.6 Å². The van der Waals surface area contributed by atoms with Gasteiger partial charge in [0.15, 0.2) is 9.84 Å². The molecule has 3 atom stereocenters. The topological polar surface area (TPSA) is 66.4 Å². The molecule has 2 fully saturated rings. The number of rotatable bonds is 3. The summed E-state index contributed by atoms with van der Waals surface area (Å²) in [5, 5.41) is 12.7. The molecule has 4 nitrogen and oxygen atoms in total.